The number of anilines is 2. The number of carbonyl (C=O) groups excluding carboxylic acids is 1. The third-order valence-corrected chi connectivity index (χ3v) is 3.99. The molecular formula is C20H17F2N7O. The lowest BCUT2D eigenvalue weighted by Gasteiger charge is -2.09. The molecule has 0 aliphatic rings. The van der Waals surface area contributed by atoms with Gasteiger partial charge in [-0.15, -0.1) is 5.11 Å². The standard InChI is InChI=1S/C20H17F2N7O/c1-11(30)26-15-5-2-12(3-6-15)13-8-16(19(23)25-10-13)20(28-29-24)27-18-9-14(21)4-7-17(18)22/h2-10H,1H3,(H2,23,25)(H,26,30)(H2,24,27,28). The molecule has 0 saturated carbocycles. The first-order valence-electron chi connectivity index (χ1n) is 8.66. The van der Waals surface area contributed by atoms with E-state index in [2.05, 4.69) is 25.6 Å². The van der Waals surface area contributed by atoms with Crippen LogP contribution in [-0.4, -0.2) is 16.7 Å². The molecule has 0 aliphatic heterocycles. The van der Waals surface area contributed by atoms with Gasteiger partial charge in [-0.25, -0.2) is 18.8 Å². The van der Waals surface area contributed by atoms with E-state index in [1.165, 1.54) is 13.1 Å². The van der Waals surface area contributed by atoms with Gasteiger partial charge in [-0.05, 0) is 35.9 Å². The molecule has 2 aromatic carbocycles. The molecule has 5 N–H and O–H groups in total. The first-order chi connectivity index (χ1) is 14.4. The van der Waals surface area contributed by atoms with Crippen molar-refractivity contribution in [2.45, 2.75) is 6.92 Å². The third-order valence-electron chi connectivity index (χ3n) is 3.99. The molecule has 0 saturated heterocycles. The summed E-state index contributed by atoms with van der Waals surface area (Å²) in [6.07, 6.45) is 1.53. The summed E-state index contributed by atoms with van der Waals surface area (Å²) in [6, 6.07) is 11.5. The molecule has 0 radical (unpaired) electrons. The minimum Gasteiger partial charge on any atom is -0.383 e. The van der Waals surface area contributed by atoms with E-state index in [9.17, 15) is 13.6 Å². The first kappa shape index (κ1) is 20.5. The topological polar surface area (TPSA) is 131 Å². The van der Waals surface area contributed by atoms with Crippen molar-refractivity contribution in [1.82, 2.24) is 4.98 Å². The molecule has 10 heteroatoms. The minimum absolute atomic E-state index is 0.0524. The van der Waals surface area contributed by atoms with Crippen LogP contribution in [0.1, 0.15) is 12.5 Å². The lowest BCUT2D eigenvalue weighted by Crippen LogP contribution is -2.06. The van der Waals surface area contributed by atoms with Gasteiger partial charge in [-0.1, -0.05) is 17.4 Å². The Morgan fingerprint density at radius 2 is 1.80 bits per heavy atom. The molecule has 0 unspecified atom stereocenters. The molecule has 0 spiro atoms. The molecule has 152 valence electrons. The average Bonchev–Trinajstić information content (AvgIpc) is 2.71. The summed E-state index contributed by atoms with van der Waals surface area (Å²) in [4.78, 5) is 19.3. The van der Waals surface area contributed by atoms with Crippen molar-refractivity contribution in [1.29, 1.82) is 0 Å². The summed E-state index contributed by atoms with van der Waals surface area (Å²) in [7, 11) is 0. The highest BCUT2D eigenvalue weighted by Crippen LogP contribution is 2.26. The van der Waals surface area contributed by atoms with Crippen molar-refractivity contribution >= 4 is 28.9 Å². The highest BCUT2D eigenvalue weighted by Gasteiger charge is 2.13. The highest BCUT2D eigenvalue weighted by atomic mass is 19.1. The number of nitrogens with two attached hydrogens (primary N) is 2. The zero-order valence-electron chi connectivity index (χ0n) is 15.8. The summed E-state index contributed by atoms with van der Waals surface area (Å²) in [5, 5.41) is 9.57. The Balaban J connectivity index is 2.05. The van der Waals surface area contributed by atoms with Crippen LogP contribution in [0, 0.1) is 11.6 Å². The fraction of sp³-hybridized carbons (Fsp3) is 0.0500. The lowest BCUT2D eigenvalue weighted by atomic mass is 10.0. The first-order valence-corrected chi connectivity index (χ1v) is 8.66. The molecule has 3 aromatic rings. The molecule has 0 fully saturated rings. The maximum atomic E-state index is 14.0. The van der Waals surface area contributed by atoms with Crippen molar-refractivity contribution in [3.8, 4) is 11.1 Å². The van der Waals surface area contributed by atoms with E-state index in [1.54, 1.807) is 30.3 Å². The number of amidine groups is 1. The monoisotopic (exact) mass is 409 g/mol. The molecule has 1 aromatic heterocycles. The number of halogens is 2. The molecule has 8 nitrogen and oxygen atoms in total. The van der Waals surface area contributed by atoms with E-state index >= 15 is 0 Å². The van der Waals surface area contributed by atoms with Gasteiger partial charge in [-0.3, -0.25) is 4.79 Å². The van der Waals surface area contributed by atoms with Crippen molar-refractivity contribution in [3.63, 3.8) is 0 Å². The SMILES string of the molecule is CC(=O)Nc1ccc(-c2cnc(N)c(C(N=NN)=Nc3cc(F)ccc3F)c2)cc1. The molecule has 0 atom stereocenters. The average molecular weight is 409 g/mol. The fourth-order valence-electron chi connectivity index (χ4n) is 2.64. The number of nitrogens with one attached hydrogen (secondary N) is 1. The van der Waals surface area contributed by atoms with Gasteiger partial charge in [-0.2, -0.15) is 0 Å². The summed E-state index contributed by atoms with van der Waals surface area (Å²) in [5.41, 5.74) is 7.94. The van der Waals surface area contributed by atoms with Gasteiger partial charge in [0.1, 0.15) is 23.1 Å². The number of aliphatic imine (C=N–C) groups is 1. The third kappa shape index (κ3) is 4.79. The zero-order valence-corrected chi connectivity index (χ0v) is 15.8. The smallest absolute Gasteiger partial charge is 0.221 e. The van der Waals surface area contributed by atoms with Crippen LogP contribution >= 0.6 is 0 Å². The summed E-state index contributed by atoms with van der Waals surface area (Å²) < 4.78 is 27.5. The molecule has 1 amide bonds. The minimum atomic E-state index is -0.752. The quantitative estimate of drug-likeness (QED) is 0.198. The molecule has 1 heterocycles. The Morgan fingerprint density at radius 1 is 1.07 bits per heavy atom. The number of aromatic nitrogens is 1. The second-order valence-corrected chi connectivity index (χ2v) is 6.16. The number of nitrogens with zero attached hydrogens (tertiary/aromatic N) is 4. The van der Waals surface area contributed by atoms with E-state index < -0.39 is 11.6 Å². The summed E-state index contributed by atoms with van der Waals surface area (Å²) in [5.74, 6) is 3.47. The molecular weight excluding hydrogens is 392 g/mol. The van der Waals surface area contributed by atoms with Crippen molar-refractivity contribution in [2.24, 2.45) is 21.2 Å². The van der Waals surface area contributed by atoms with Crippen LogP contribution in [0.15, 0.2) is 70.1 Å². The Morgan fingerprint density at radius 3 is 2.47 bits per heavy atom. The lowest BCUT2D eigenvalue weighted by molar-refractivity contribution is -0.114. The molecule has 0 aliphatic carbocycles. The van der Waals surface area contributed by atoms with Gasteiger partial charge in [0, 0.05) is 30.4 Å². The second-order valence-electron chi connectivity index (χ2n) is 6.16. The number of nitrogen functional groups attached to an aromatic ring is 1. The van der Waals surface area contributed by atoms with Crippen LogP contribution in [0.3, 0.4) is 0 Å². The molecule has 3 rings (SSSR count). The van der Waals surface area contributed by atoms with E-state index in [1.807, 2.05) is 0 Å². The summed E-state index contributed by atoms with van der Waals surface area (Å²) >= 11 is 0. The van der Waals surface area contributed by atoms with Crippen LogP contribution in [0.5, 0.6) is 0 Å². The Bertz CT molecular complexity index is 1140. The largest absolute Gasteiger partial charge is 0.383 e. The van der Waals surface area contributed by atoms with Crippen LogP contribution in [0.2, 0.25) is 0 Å². The van der Waals surface area contributed by atoms with Crippen LogP contribution in [0.25, 0.3) is 11.1 Å². The van der Waals surface area contributed by atoms with Crippen molar-refractivity contribution in [3.05, 3.63) is 71.9 Å². The number of hydrogen-bond donors (Lipinski definition) is 3. The number of pyridine rings is 1. The number of hydrogen-bond acceptors (Lipinski definition) is 5. The summed E-state index contributed by atoms with van der Waals surface area (Å²) in [6.45, 7) is 1.42. The number of rotatable bonds is 4. The zero-order chi connectivity index (χ0) is 21.7. The van der Waals surface area contributed by atoms with Gasteiger partial charge in [0.25, 0.3) is 0 Å². The van der Waals surface area contributed by atoms with E-state index in [4.69, 9.17) is 11.6 Å². The highest BCUT2D eigenvalue weighted by molar-refractivity contribution is 6.05. The number of benzene rings is 2. The predicted molar refractivity (Wildman–Crippen MR) is 110 cm³/mol. The van der Waals surface area contributed by atoms with E-state index in [0.29, 0.717) is 11.3 Å². The Labute approximate surface area is 170 Å². The van der Waals surface area contributed by atoms with Crippen molar-refractivity contribution in [2.75, 3.05) is 11.1 Å². The Hall–Kier alpha value is -4.21. The van der Waals surface area contributed by atoms with Gasteiger partial charge in [0.2, 0.25) is 5.91 Å². The van der Waals surface area contributed by atoms with Crippen LogP contribution < -0.4 is 16.9 Å². The maximum absolute atomic E-state index is 14.0. The van der Waals surface area contributed by atoms with Crippen molar-refractivity contribution < 1.29 is 13.6 Å². The normalized spacial score (nSPS) is 11.6. The van der Waals surface area contributed by atoms with Gasteiger partial charge < -0.3 is 16.9 Å². The number of carbonyl (C=O) groups is 1. The van der Waals surface area contributed by atoms with Crippen LogP contribution in [-0.2, 0) is 4.79 Å². The van der Waals surface area contributed by atoms with Gasteiger partial charge in [0.05, 0.1) is 5.56 Å². The molecule has 30 heavy (non-hydrogen) atoms. The second kappa shape index (κ2) is 8.86. The van der Waals surface area contributed by atoms with E-state index in [0.717, 1.165) is 23.8 Å². The van der Waals surface area contributed by atoms with E-state index in [-0.39, 0.29) is 28.8 Å². The molecule has 0 bridgehead atoms. The predicted octanol–water partition coefficient (Wildman–Crippen LogP) is 3.97. The van der Waals surface area contributed by atoms with Gasteiger partial charge >= 0.3 is 0 Å². The Kier molecular flexibility index (Phi) is 6.06. The van der Waals surface area contributed by atoms with Crippen LogP contribution in [0.4, 0.5) is 26.0 Å². The maximum Gasteiger partial charge on any atom is 0.221 e. The fourth-order valence-corrected chi connectivity index (χ4v) is 2.64. The number of amides is 1. The van der Waals surface area contributed by atoms with Gasteiger partial charge in [0.15, 0.2) is 5.84 Å².